The molecule has 3 aliphatic rings. The molecular weight excluding hydrogens is 612 g/mol. The molecule has 1 unspecified atom stereocenters. The van der Waals surface area contributed by atoms with Crippen LogP contribution in [0.3, 0.4) is 0 Å². The van der Waals surface area contributed by atoms with Gasteiger partial charge in [0.2, 0.25) is 0 Å². The molecule has 14 heteroatoms. The third-order valence-electron chi connectivity index (χ3n) is 8.19. The maximum atomic E-state index is 14.3. The maximum Gasteiger partial charge on any atom is 0.387 e. The van der Waals surface area contributed by atoms with Crippen LogP contribution in [0.2, 0.25) is 5.02 Å². The Hall–Kier alpha value is -3.29. The topological polar surface area (TPSA) is 123 Å². The number of halogens is 3. The molecule has 1 saturated heterocycles. The number of amides is 1. The van der Waals surface area contributed by atoms with E-state index in [-0.39, 0.29) is 46.5 Å². The Balaban J connectivity index is 1.47. The van der Waals surface area contributed by atoms with Gasteiger partial charge in [-0.25, -0.2) is 16.8 Å². The Morgan fingerprint density at radius 2 is 1.83 bits per heavy atom. The van der Waals surface area contributed by atoms with Gasteiger partial charge in [-0.3, -0.25) is 14.1 Å². The number of alkyl halides is 2. The lowest BCUT2D eigenvalue weighted by Gasteiger charge is -2.41. The lowest BCUT2D eigenvalue weighted by molar-refractivity contribution is -0.0500. The molecule has 0 bridgehead atoms. The van der Waals surface area contributed by atoms with E-state index in [1.165, 1.54) is 47.0 Å². The minimum Gasteiger partial charge on any atom is -0.435 e. The fraction of sp³-hybridized carbons (Fsp3) is 0.357. The van der Waals surface area contributed by atoms with E-state index in [2.05, 4.69) is 15.0 Å². The van der Waals surface area contributed by atoms with Gasteiger partial charge >= 0.3 is 6.61 Å². The monoisotopic (exact) mass is 637 g/mol. The highest BCUT2D eigenvalue weighted by molar-refractivity contribution is 7.93. The van der Waals surface area contributed by atoms with E-state index in [1.807, 2.05) is 0 Å². The standard InChI is InChI=1S/C28H26ClF2N3O6S2/c29-19-13-20(16-32-15-19)33-26(35)18-6-7-24-23(12-18)28(8-10-41(36,37)11-9-28)25(17-4-5-17)34(24)42(38,39)22-3-1-2-21(14-22)40-27(30)31/h1-3,6-7,12-17,25,27H,4-5,8-11H2,(H,33,35). The summed E-state index contributed by atoms with van der Waals surface area (Å²) < 4.78 is 85.3. The van der Waals surface area contributed by atoms with Gasteiger partial charge in [-0.15, -0.1) is 0 Å². The van der Waals surface area contributed by atoms with Crippen LogP contribution in [0.5, 0.6) is 5.75 Å². The molecule has 3 aromatic rings. The van der Waals surface area contributed by atoms with Crippen LogP contribution in [-0.4, -0.2) is 51.9 Å². The molecule has 42 heavy (non-hydrogen) atoms. The number of fused-ring (bicyclic) bond motifs is 2. The zero-order valence-electron chi connectivity index (χ0n) is 22.0. The smallest absolute Gasteiger partial charge is 0.387 e. The van der Waals surface area contributed by atoms with Crippen LogP contribution in [0.1, 0.15) is 41.6 Å². The van der Waals surface area contributed by atoms with Crippen molar-refractivity contribution in [3.63, 3.8) is 0 Å². The lowest BCUT2D eigenvalue weighted by Crippen LogP contribution is -2.52. The van der Waals surface area contributed by atoms with E-state index < -0.39 is 43.8 Å². The lowest BCUT2D eigenvalue weighted by atomic mass is 9.70. The maximum absolute atomic E-state index is 14.3. The molecule has 222 valence electrons. The minimum absolute atomic E-state index is 0.0386. The van der Waals surface area contributed by atoms with Crippen molar-refractivity contribution in [2.24, 2.45) is 5.92 Å². The summed E-state index contributed by atoms with van der Waals surface area (Å²) in [7, 11) is -7.64. The Labute approximate surface area is 246 Å². The number of hydrogen-bond acceptors (Lipinski definition) is 7. The predicted octanol–water partition coefficient (Wildman–Crippen LogP) is 5.02. The summed E-state index contributed by atoms with van der Waals surface area (Å²) in [6.45, 7) is -3.13. The number of nitrogens with one attached hydrogen (secondary N) is 1. The van der Waals surface area contributed by atoms with Gasteiger partial charge in [0.15, 0.2) is 0 Å². The fourth-order valence-electron chi connectivity index (χ4n) is 6.21. The summed E-state index contributed by atoms with van der Waals surface area (Å²) in [5.74, 6) is -1.04. The molecule has 0 radical (unpaired) electrons. The second-order valence-corrected chi connectivity index (χ2v) is 15.4. The molecule has 1 aromatic heterocycles. The van der Waals surface area contributed by atoms with E-state index in [9.17, 15) is 30.4 Å². The summed E-state index contributed by atoms with van der Waals surface area (Å²) in [6, 6.07) is 10.6. The van der Waals surface area contributed by atoms with E-state index in [0.717, 1.165) is 18.9 Å². The first kappa shape index (κ1) is 28.8. The predicted molar refractivity (Wildman–Crippen MR) is 152 cm³/mol. The van der Waals surface area contributed by atoms with Crippen LogP contribution in [0.15, 0.2) is 65.8 Å². The van der Waals surface area contributed by atoms with Gasteiger partial charge in [-0.1, -0.05) is 17.7 Å². The highest BCUT2D eigenvalue weighted by Gasteiger charge is 2.60. The molecule has 3 heterocycles. The number of pyridine rings is 1. The third-order valence-corrected chi connectivity index (χ3v) is 11.8. The summed E-state index contributed by atoms with van der Waals surface area (Å²) in [6.07, 6.45) is 4.75. The normalized spacial score (nSPS) is 20.9. The molecule has 2 fully saturated rings. The van der Waals surface area contributed by atoms with Crippen LogP contribution in [0.4, 0.5) is 20.2 Å². The van der Waals surface area contributed by atoms with Crippen molar-refractivity contribution in [2.75, 3.05) is 21.1 Å². The van der Waals surface area contributed by atoms with Crippen molar-refractivity contribution >= 4 is 48.7 Å². The fourth-order valence-corrected chi connectivity index (χ4v) is 9.77. The van der Waals surface area contributed by atoms with Crippen molar-refractivity contribution in [3.8, 4) is 5.75 Å². The van der Waals surface area contributed by atoms with Gasteiger partial charge in [-0.05, 0) is 73.6 Å². The summed E-state index contributed by atoms with van der Waals surface area (Å²) in [5, 5.41) is 3.07. The van der Waals surface area contributed by atoms with Crippen molar-refractivity contribution in [1.82, 2.24) is 4.98 Å². The van der Waals surface area contributed by atoms with Crippen LogP contribution < -0.4 is 14.4 Å². The molecule has 1 atom stereocenters. The molecule has 1 saturated carbocycles. The quantitative estimate of drug-likeness (QED) is 0.386. The van der Waals surface area contributed by atoms with E-state index in [4.69, 9.17) is 11.6 Å². The first-order valence-electron chi connectivity index (χ1n) is 13.3. The number of sulfonamides is 1. The van der Waals surface area contributed by atoms with Gasteiger partial charge in [-0.2, -0.15) is 8.78 Å². The number of carbonyl (C=O) groups is 1. The van der Waals surface area contributed by atoms with Crippen molar-refractivity contribution < 1.29 is 35.1 Å². The van der Waals surface area contributed by atoms with Gasteiger partial charge < -0.3 is 10.1 Å². The number of benzene rings is 2. The van der Waals surface area contributed by atoms with E-state index in [1.54, 1.807) is 12.1 Å². The molecule has 1 spiro atoms. The third kappa shape index (κ3) is 5.22. The second kappa shape index (κ2) is 10.5. The van der Waals surface area contributed by atoms with Gasteiger partial charge in [0.1, 0.15) is 15.6 Å². The number of carbonyl (C=O) groups excluding carboxylic acids is 1. The molecule has 6 rings (SSSR count). The van der Waals surface area contributed by atoms with Gasteiger partial charge in [0.25, 0.3) is 15.9 Å². The Morgan fingerprint density at radius 3 is 2.50 bits per heavy atom. The van der Waals surface area contributed by atoms with Crippen molar-refractivity contribution in [3.05, 3.63) is 77.1 Å². The second-order valence-electron chi connectivity index (χ2n) is 10.8. The average molecular weight is 638 g/mol. The number of ether oxygens (including phenoxy) is 1. The average Bonchev–Trinajstić information content (AvgIpc) is 3.73. The largest absolute Gasteiger partial charge is 0.435 e. The van der Waals surface area contributed by atoms with Crippen molar-refractivity contribution in [1.29, 1.82) is 0 Å². The summed E-state index contributed by atoms with van der Waals surface area (Å²) in [5.41, 5.74) is 0.682. The highest BCUT2D eigenvalue weighted by atomic mass is 35.5. The van der Waals surface area contributed by atoms with Gasteiger partial charge in [0, 0.05) is 23.2 Å². The van der Waals surface area contributed by atoms with E-state index >= 15 is 0 Å². The summed E-state index contributed by atoms with van der Waals surface area (Å²) in [4.78, 5) is 17.0. The zero-order chi connectivity index (χ0) is 29.9. The molecular formula is C28H26ClF2N3O6S2. The van der Waals surface area contributed by atoms with E-state index in [0.29, 0.717) is 22.0 Å². The molecule has 1 amide bonds. The minimum atomic E-state index is -4.32. The molecule has 2 aliphatic heterocycles. The number of sulfone groups is 1. The number of hydrogen-bond donors (Lipinski definition) is 1. The molecule has 9 nitrogen and oxygen atoms in total. The van der Waals surface area contributed by atoms with Gasteiger partial charge in [0.05, 0.1) is 45.0 Å². The van der Waals surface area contributed by atoms with Crippen LogP contribution in [0, 0.1) is 5.92 Å². The molecule has 1 N–H and O–H groups in total. The highest BCUT2D eigenvalue weighted by Crippen LogP contribution is 2.59. The van der Waals surface area contributed by atoms with Crippen LogP contribution in [-0.2, 0) is 25.3 Å². The zero-order valence-corrected chi connectivity index (χ0v) is 24.4. The van der Waals surface area contributed by atoms with Crippen molar-refractivity contribution in [2.45, 2.75) is 48.6 Å². The Bertz CT molecular complexity index is 1770. The Kier molecular flexibility index (Phi) is 7.17. The number of rotatable bonds is 7. The van der Waals surface area contributed by atoms with Crippen LogP contribution in [0.25, 0.3) is 0 Å². The first-order chi connectivity index (χ1) is 19.9. The number of nitrogens with zero attached hydrogens (tertiary/aromatic N) is 2. The SMILES string of the molecule is O=C(Nc1cncc(Cl)c1)c1ccc2c(c1)C1(CCS(=O)(=O)CC1)C(C1CC1)N2S(=O)(=O)c1cccc(OC(F)F)c1. The number of aromatic nitrogens is 1. The van der Waals surface area contributed by atoms with Crippen LogP contribution >= 0.6 is 11.6 Å². The number of anilines is 2. The molecule has 2 aromatic carbocycles. The summed E-state index contributed by atoms with van der Waals surface area (Å²) >= 11 is 6.00. The Morgan fingerprint density at radius 1 is 1.10 bits per heavy atom. The molecule has 1 aliphatic carbocycles. The first-order valence-corrected chi connectivity index (χ1v) is 16.9.